The van der Waals surface area contributed by atoms with E-state index in [1.165, 1.54) is 57.4 Å². The minimum absolute atomic E-state index is 0.157. The zero-order valence-corrected chi connectivity index (χ0v) is 13.1. The first-order valence-corrected chi connectivity index (χ1v) is 8.15. The van der Waals surface area contributed by atoms with Crippen molar-refractivity contribution in [3.05, 3.63) is 46.0 Å². The number of nitro groups is 1. The van der Waals surface area contributed by atoms with Gasteiger partial charge in [0.25, 0.3) is 5.69 Å². The molecule has 0 saturated heterocycles. The Morgan fingerprint density at radius 2 is 1.71 bits per heavy atom. The molecule has 0 aromatic heterocycles. The van der Waals surface area contributed by atoms with Gasteiger partial charge < -0.3 is 0 Å². The number of allylic oxidation sites excluding steroid dienone is 1. The molecule has 0 aliphatic rings. The molecule has 0 fully saturated rings. The van der Waals surface area contributed by atoms with Gasteiger partial charge in [-0.3, -0.25) is 10.1 Å². The first-order chi connectivity index (χ1) is 10.2. The molecule has 0 radical (unpaired) electrons. The summed E-state index contributed by atoms with van der Waals surface area (Å²) in [4.78, 5) is 10.3. The standard InChI is InChI=1S/C18H27NO2/c1-2-3-4-5-6-7-8-9-10-11-13-17-14-12-15-18(16-17)19(20)21/h11-16H,2-10H2,1H3/b13-11+. The summed E-state index contributed by atoms with van der Waals surface area (Å²) in [6, 6.07) is 6.77. The minimum atomic E-state index is -0.351. The highest BCUT2D eigenvalue weighted by Gasteiger charge is 2.03. The van der Waals surface area contributed by atoms with Crippen molar-refractivity contribution in [2.75, 3.05) is 0 Å². The monoisotopic (exact) mass is 289 g/mol. The number of unbranched alkanes of at least 4 members (excludes halogenated alkanes) is 8. The van der Waals surface area contributed by atoms with E-state index in [4.69, 9.17) is 0 Å². The molecular weight excluding hydrogens is 262 g/mol. The van der Waals surface area contributed by atoms with Gasteiger partial charge in [-0.15, -0.1) is 0 Å². The average molecular weight is 289 g/mol. The molecular formula is C18H27NO2. The van der Waals surface area contributed by atoms with Crippen LogP contribution in [0.25, 0.3) is 6.08 Å². The van der Waals surface area contributed by atoms with E-state index in [0.29, 0.717) is 0 Å². The van der Waals surface area contributed by atoms with E-state index in [1.54, 1.807) is 12.1 Å². The molecule has 21 heavy (non-hydrogen) atoms. The largest absolute Gasteiger partial charge is 0.270 e. The van der Waals surface area contributed by atoms with Gasteiger partial charge in [-0.05, 0) is 18.4 Å². The Morgan fingerprint density at radius 1 is 1.05 bits per heavy atom. The van der Waals surface area contributed by atoms with Crippen molar-refractivity contribution in [2.45, 2.75) is 64.7 Å². The smallest absolute Gasteiger partial charge is 0.258 e. The summed E-state index contributed by atoms with van der Waals surface area (Å²) < 4.78 is 0. The third-order valence-electron chi connectivity index (χ3n) is 3.62. The lowest BCUT2D eigenvalue weighted by Gasteiger charge is -2.00. The molecule has 0 aliphatic heterocycles. The van der Waals surface area contributed by atoms with E-state index in [1.807, 2.05) is 12.1 Å². The molecule has 1 aromatic carbocycles. The van der Waals surface area contributed by atoms with Crippen molar-refractivity contribution in [1.82, 2.24) is 0 Å². The van der Waals surface area contributed by atoms with E-state index in [2.05, 4.69) is 13.0 Å². The van der Waals surface area contributed by atoms with Crippen LogP contribution in [0.4, 0.5) is 5.69 Å². The second-order valence-corrected chi connectivity index (χ2v) is 5.52. The summed E-state index contributed by atoms with van der Waals surface area (Å²) in [7, 11) is 0. The maximum Gasteiger partial charge on any atom is 0.270 e. The number of nitrogens with zero attached hydrogens (tertiary/aromatic N) is 1. The number of non-ortho nitro benzene ring substituents is 1. The van der Waals surface area contributed by atoms with Gasteiger partial charge in [0.05, 0.1) is 4.92 Å². The lowest BCUT2D eigenvalue weighted by atomic mass is 10.1. The highest BCUT2D eigenvalue weighted by atomic mass is 16.6. The Labute approximate surface area is 128 Å². The number of rotatable bonds is 11. The van der Waals surface area contributed by atoms with Gasteiger partial charge >= 0.3 is 0 Å². The molecule has 0 heterocycles. The maximum absolute atomic E-state index is 10.7. The van der Waals surface area contributed by atoms with Crippen LogP contribution in [0.5, 0.6) is 0 Å². The second-order valence-electron chi connectivity index (χ2n) is 5.52. The summed E-state index contributed by atoms with van der Waals surface area (Å²) in [5.41, 5.74) is 1.06. The van der Waals surface area contributed by atoms with Crippen LogP contribution in [-0.4, -0.2) is 4.92 Å². The van der Waals surface area contributed by atoms with E-state index < -0.39 is 0 Å². The Morgan fingerprint density at radius 3 is 2.38 bits per heavy atom. The van der Waals surface area contributed by atoms with Crippen LogP contribution in [0.2, 0.25) is 0 Å². The van der Waals surface area contributed by atoms with Crippen molar-refractivity contribution < 1.29 is 4.92 Å². The normalized spacial score (nSPS) is 11.1. The van der Waals surface area contributed by atoms with Crippen molar-refractivity contribution >= 4 is 11.8 Å². The fourth-order valence-electron chi connectivity index (χ4n) is 2.36. The average Bonchev–Trinajstić information content (AvgIpc) is 2.49. The Bertz CT molecular complexity index is 441. The first kappa shape index (κ1) is 17.4. The van der Waals surface area contributed by atoms with Gasteiger partial charge in [0.2, 0.25) is 0 Å². The molecule has 0 atom stereocenters. The molecule has 3 nitrogen and oxygen atoms in total. The Hall–Kier alpha value is -1.64. The van der Waals surface area contributed by atoms with E-state index in [0.717, 1.165) is 12.0 Å². The summed E-state index contributed by atoms with van der Waals surface area (Å²) in [5, 5.41) is 10.7. The van der Waals surface area contributed by atoms with E-state index >= 15 is 0 Å². The van der Waals surface area contributed by atoms with Gasteiger partial charge in [-0.1, -0.05) is 76.2 Å². The highest BCUT2D eigenvalue weighted by molar-refractivity contribution is 5.53. The molecule has 0 aliphatic carbocycles. The highest BCUT2D eigenvalue weighted by Crippen LogP contribution is 2.15. The molecule has 0 N–H and O–H groups in total. The van der Waals surface area contributed by atoms with Gasteiger partial charge in [0.1, 0.15) is 0 Å². The van der Waals surface area contributed by atoms with Crippen LogP contribution in [0.15, 0.2) is 30.3 Å². The molecule has 116 valence electrons. The molecule has 0 saturated carbocycles. The minimum Gasteiger partial charge on any atom is -0.258 e. The second kappa shape index (κ2) is 11.1. The molecule has 3 heteroatoms. The predicted octanol–water partition coefficient (Wildman–Crippen LogP) is 6.14. The zero-order valence-electron chi connectivity index (χ0n) is 13.1. The number of benzene rings is 1. The fourth-order valence-corrected chi connectivity index (χ4v) is 2.36. The molecule has 1 rings (SSSR count). The molecule has 0 bridgehead atoms. The van der Waals surface area contributed by atoms with Gasteiger partial charge in [-0.2, -0.15) is 0 Å². The van der Waals surface area contributed by atoms with Gasteiger partial charge in [0, 0.05) is 12.1 Å². The van der Waals surface area contributed by atoms with Crippen LogP contribution in [-0.2, 0) is 0 Å². The lowest BCUT2D eigenvalue weighted by molar-refractivity contribution is -0.384. The van der Waals surface area contributed by atoms with Crippen molar-refractivity contribution in [2.24, 2.45) is 0 Å². The number of nitro benzene ring substituents is 1. The number of hydrogen-bond donors (Lipinski definition) is 0. The van der Waals surface area contributed by atoms with Crippen LogP contribution in [0, 0.1) is 10.1 Å². The Balaban J connectivity index is 2.12. The van der Waals surface area contributed by atoms with Crippen LogP contribution < -0.4 is 0 Å². The summed E-state index contributed by atoms with van der Waals surface area (Å²) in [6.45, 7) is 2.24. The van der Waals surface area contributed by atoms with E-state index in [-0.39, 0.29) is 10.6 Å². The van der Waals surface area contributed by atoms with Crippen LogP contribution in [0.3, 0.4) is 0 Å². The third-order valence-corrected chi connectivity index (χ3v) is 3.62. The lowest BCUT2D eigenvalue weighted by Crippen LogP contribution is -1.87. The van der Waals surface area contributed by atoms with Crippen LogP contribution >= 0.6 is 0 Å². The molecule has 0 spiro atoms. The maximum atomic E-state index is 10.7. The molecule has 0 unspecified atom stereocenters. The van der Waals surface area contributed by atoms with Crippen molar-refractivity contribution in [3.8, 4) is 0 Å². The first-order valence-electron chi connectivity index (χ1n) is 8.15. The summed E-state index contributed by atoms with van der Waals surface area (Å²) >= 11 is 0. The number of hydrogen-bond acceptors (Lipinski definition) is 2. The third kappa shape index (κ3) is 8.28. The summed E-state index contributed by atoms with van der Waals surface area (Å²) in [5.74, 6) is 0. The van der Waals surface area contributed by atoms with Crippen LogP contribution in [0.1, 0.15) is 70.3 Å². The quantitative estimate of drug-likeness (QED) is 0.279. The zero-order chi connectivity index (χ0) is 15.3. The van der Waals surface area contributed by atoms with Crippen molar-refractivity contribution in [1.29, 1.82) is 0 Å². The van der Waals surface area contributed by atoms with Gasteiger partial charge in [-0.25, -0.2) is 0 Å². The summed E-state index contributed by atoms with van der Waals surface area (Å²) in [6.07, 6.45) is 15.8. The fraction of sp³-hybridized carbons (Fsp3) is 0.556. The van der Waals surface area contributed by atoms with Crippen molar-refractivity contribution in [3.63, 3.8) is 0 Å². The molecule has 1 aromatic rings. The topological polar surface area (TPSA) is 43.1 Å². The predicted molar refractivity (Wildman–Crippen MR) is 89.4 cm³/mol. The van der Waals surface area contributed by atoms with E-state index in [9.17, 15) is 10.1 Å². The SMILES string of the molecule is CCCCCCCCCC/C=C/c1cccc([N+](=O)[O-])c1. The Kier molecular flexibility index (Phi) is 9.18. The molecule has 0 amide bonds. The van der Waals surface area contributed by atoms with Gasteiger partial charge in [0.15, 0.2) is 0 Å².